The molecule has 2 aliphatic carbocycles. The van der Waals surface area contributed by atoms with Crippen molar-refractivity contribution in [2.45, 2.75) is 51.5 Å². The second-order valence-corrected chi connectivity index (χ2v) is 5.17. The molecule has 1 heteroatoms. The number of nitrogens with one attached hydrogen (secondary N) is 1. The monoisotopic (exact) mass is 181 g/mol. The van der Waals surface area contributed by atoms with Gasteiger partial charge in [-0.05, 0) is 44.1 Å². The summed E-state index contributed by atoms with van der Waals surface area (Å²) in [4.78, 5) is 0. The molecule has 0 saturated heterocycles. The summed E-state index contributed by atoms with van der Waals surface area (Å²) < 4.78 is 0. The maximum absolute atomic E-state index is 3.52. The number of hydrogen-bond acceptors (Lipinski definition) is 1. The van der Waals surface area contributed by atoms with Crippen LogP contribution < -0.4 is 5.32 Å². The van der Waals surface area contributed by atoms with Crippen molar-refractivity contribution in [3.63, 3.8) is 0 Å². The fourth-order valence-electron chi connectivity index (χ4n) is 3.56. The van der Waals surface area contributed by atoms with Crippen molar-refractivity contribution in [3.05, 3.63) is 0 Å². The largest absolute Gasteiger partial charge is 0.317 e. The first-order valence-corrected chi connectivity index (χ1v) is 5.98. The minimum atomic E-state index is 0.839. The molecule has 0 bridgehead atoms. The van der Waals surface area contributed by atoms with Gasteiger partial charge in [-0.2, -0.15) is 0 Å². The van der Waals surface area contributed by atoms with Gasteiger partial charge in [0, 0.05) is 6.04 Å². The van der Waals surface area contributed by atoms with Gasteiger partial charge in [-0.3, -0.25) is 0 Å². The molecule has 0 radical (unpaired) electrons. The lowest BCUT2D eigenvalue weighted by atomic mass is 9.66. The maximum Gasteiger partial charge on any atom is 0.00949 e. The lowest BCUT2D eigenvalue weighted by Gasteiger charge is -2.43. The molecular formula is C12H23N. The van der Waals surface area contributed by atoms with Gasteiger partial charge in [0.1, 0.15) is 0 Å². The normalized spacial score (nSPS) is 45.7. The molecule has 0 aromatic rings. The van der Waals surface area contributed by atoms with E-state index in [1.54, 1.807) is 0 Å². The number of fused-ring (bicyclic) bond motifs is 1. The van der Waals surface area contributed by atoms with E-state index in [1.165, 1.54) is 38.5 Å². The van der Waals surface area contributed by atoms with Gasteiger partial charge in [-0.15, -0.1) is 0 Å². The predicted molar refractivity (Wildman–Crippen MR) is 56.7 cm³/mol. The van der Waals surface area contributed by atoms with Crippen LogP contribution in [0.2, 0.25) is 0 Å². The standard InChI is InChI=1S/C12H23N/c1-9-6-7-11-10(8-9)4-3-5-12(11)13-2/h9-13H,3-8H2,1-2H3. The van der Waals surface area contributed by atoms with Crippen LogP contribution in [0.25, 0.3) is 0 Å². The Balaban J connectivity index is 1.99. The molecule has 0 spiro atoms. The molecule has 4 atom stereocenters. The maximum atomic E-state index is 3.52. The third-order valence-corrected chi connectivity index (χ3v) is 4.28. The first-order valence-electron chi connectivity index (χ1n) is 5.98. The first kappa shape index (κ1) is 9.51. The minimum Gasteiger partial charge on any atom is -0.317 e. The highest BCUT2D eigenvalue weighted by molar-refractivity contribution is 4.89. The smallest absolute Gasteiger partial charge is 0.00949 e. The summed E-state index contributed by atoms with van der Waals surface area (Å²) in [6, 6.07) is 0.839. The van der Waals surface area contributed by atoms with Crippen LogP contribution in [-0.4, -0.2) is 13.1 Å². The van der Waals surface area contributed by atoms with E-state index in [0.29, 0.717) is 0 Å². The molecular weight excluding hydrogens is 158 g/mol. The van der Waals surface area contributed by atoms with E-state index in [9.17, 15) is 0 Å². The quantitative estimate of drug-likeness (QED) is 0.656. The summed E-state index contributed by atoms with van der Waals surface area (Å²) in [6.07, 6.45) is 8.85. The first-order chi connectivity index (χ1) is 6.31. The van der Waals surface area contributed by atoms with Crippen LogP contribution in [-0.2, 0) is 0 Å². The van der Waals surface area contributed by atoms with Gasteiger partial charge in [-0.1, -0.05) is 26.2 Å². The number of rotatable bonds is 1. The van der Waals surface area contributed by atoms with Gasteiger partial charge in [0.25, 0.3) is 0 Å². The topological polar surface area (TPSA) is 12.0 Å². The van der Waals surface area contributed by atoms with Gasteiger partial charge >= 0.3 is 0 Å². The van der Waals surface area contributed by atoms with E-state index in [4.69, 9.17) is 0 Å². The fraction of sp³-hybridized carbons (Fsp3) is 1.00. The van der Waals surface area contributed by atoms with Gasteiger partial charge in [0.15, 0.2) is 0 Å². The molecule has 2 saturated carbocycles. The molecule has 0 heterocycles. The zero-order chi connectivity index (χ0) is 9.26. The Labute approximate surface area is 82.3 Å². The summed E-state index contributed by atoms with van der Waals surface area (Å²) in [5.41, 5.74) is 0. The molecule has 0 aromatic heterocycles. The van der Waals surface area contributed by atoms with Crippen molar-refractivity contribution >= 4 is 0 Å². The van der Waals surface area contributed by atoms with Crippen LogP contribution >= 0.6 is 0 Å². The highest BCUT2D eigenvalue weighted by Crippen LogP contribution is 2.42. The van der Waals surface area contributed by atoms with Crippen LogP contribution in [0.15, 0.2) is 0 Å². The van der Waals surface area contributed by atoms with Crippen molar-refractivity contribution in [1.29, 1.82) is 0 Å². The molecule has 0 amide bonds. The summed E-state index contributed by atoms with van der Waals surface area (Å²) in [5.74, 6) is 3.06. The fourth-order valence-corrected chi connectivity index (χ4v) is 3.56. The summed E-state index contributed by atoms with van der Waals surface area (Å²) in [7, 11) is 2.14. The van der Waals surface area contributed by atoms with Crippen LogP contribution in [0.4, 0.5) is 0 Å². The second kappa shape index (κ2) is 4.00. The van der Waals surface area contributed by atoms with Crippen LogP contribution in [0.1, 0.15) is 45.4 Å². The second-order valence-electron chi connectivity index (χ2n) is 5.17. The lowest BCUT2D eigenvalue weighted by molar-refractivity contribution is 0.104. The Bertz CT molecular complexity index is 167. The minimum absolute atomic E-state index is 0.839. The molecule has 76 valence electrons. The lowest BCUT2D eigenvalue weighted by Crippen LogP contribution is -2.43. The van der Waals surface area contributed by atoms with E-state index < -0.39 is 0 Å². The third kappa shape index (κ3) is 1.90. The Morgan fingerprint density at radius 3 is 2.69 bits per heavy atom. The highest BCUT2D eigenvalue weighted by Gasteiger charge is 2.35. The van der Waals surface area contributed by atoms with Gasteiger partial charge in [-0.25, -0.2) is 0 Å². The molecule has 13 heavy (non-hydrogen) atoms. The third-order valence-electron chi connectivity index (χ3n) is 4.28. The van der Waals surface area contributed by atoms with E-state index in [2.05, 4.69) is 19.3 Å². The molecule has 1 N–H and O–H groups in total. The van der Waals surface area contributed by atoms with Crippen LogP contribution in [0.3, 0.4) is 0 Å². The van der Waals surface area contributed by atoms with Crippen LogP contribution in [0, 0.1) is 17.8 Å². The van der Waals surface area contributed by atoms with Crippen LogP contribution in [0.5, 0.6) is 0 Å². The molecule has 2 fully saturated rings. The van der Waals surface area contributed by atoms with Crippen molar-refractivity contribution in [3.8, 4) is 0 Å². The molecule has 2 rings (SSSR count). The van der Waals surface area contributed by atoms with Gasteiger partial charge < -0.3 is 5.32 Å². The van der Waals surface area contributed by atoms with Crippen molar-refractivity contribution < 1.29 is 0 Å². The van der Waals surface area contributed by atoms with Gasteiger partial charge in [0.2, 0.25) is 0 Å². The summed E-state index contributed by atoms with van der Waals surface area (Å²) >= 11 is 0. The Morgan fingerprint density at radius 1 is 1.08 bits per heavy atom. The van der Waals surface area contributed by atoms with Gasteiger partial charge in [0.05, 0.1) is 0 Å². The average Bonchev–Trinajstić information content (AvgIpc) is 2.16. The Hall–Kier alpha value is -0.0400. The van der Waals surface area contributed by atoms with Crippen molar-refractivity contribution in [1.82, 2.24) is 5.32 Å². The van der Waals surface area contributed by atoms with Crippen molar-refractivity contribution in [2.75, 3.05) is 7.05 Å². The summed E-state index contributed by atoms with van der Waals surface area (Å²) in [5, 5.41) is 3.52. The average molecular weight is 181 g/mol. The molecule has 0 aliphatic heterocycles. The van der Waals surface area contributed by atoms with E-state index in [0.717, 1.165) is 23.8 Å². The Kier molecular flexibility index (Phi) is 2.92. The molecule has 0 aromatic carbocycles. The zero-order valence-electron chi connectivity index (χ0n) is 9.05. The summed E-state index contributed by atoms with van der Waals surface area (Å²) in [6.45, 7) is 2.43. The van der Waals surface area contributed by atoms with E-state index in [1.807, 2.05) is 0 Å². The SMILES string of the molecule is CNC1CCCC2CC(C)CCC21. The molecule has 2 aliphatic rings. The zero-order valence-corrected chi connectivity index (χ0v) is 9.05. The predicted octanol–water partition coefficient (Wildman–Crippen LogP) is 2.81. The van der Waals surface area contributed by atoms with E-state index >= 15 is 0 Å². The van der Waals surface area contributed by atoms with E-state index in [-0.39, 0.29) is 0 Å². The van der Waals surface area contributed by atoms with Crippen molar-refractivity contribution in [2.24, 2.45) is 17.8 Å². The Morgan fingerprint density at radius 2 is 1.92 bits per heavy atom. The number of hydrogen-bond donors (Lipinski definition) is 1. The molecule has 4 unspecified atom stereocenters. The molecule has 1 nitrogen and oxygen atoms in total. The highest BCUT2D eigenvalue weighted by atomic mass is 14.9.